The second kappa shape index (κ2) is 5.24. The number of nitrogens with zero attached hydrogens (tertiary/aromatic N) is 2. The van der Waals surface area contributed by atoms with E-state index in [0.29, 0.717) is 11.3 Å². The fraction of sp³-hybridized carbons (Fsp3) is 0. The van der Waals surface area contributed by atoms with Crippen molar-refractivity contribution in [1.82, 2.24) is 9.97 Å². The van der Waals surface area contributed by atoms with Gasteiger partial charge in [-0.2, -0.15) is 0 Å². The molecule has 0 saturated heterocycles. The van der Waals surface area contributed by atoms with Gasteiger partial charge in [0.05, 0.1) is 5.69 Å². The van der Waals surface area contributed by atoms with E-state index in [1.807, 2.05) is 24.4 Å². The number of carbonyl (C=O) groups is 1. The summed E-state index contributed by atoms with van der Waals surface area (Å²) in [4.78, 5) is 23.7. The van der Waals surface area contributed by atoms with Crippen LogP contribution in [0.25, 0.3) is 22.7 Å². The quantitative estimate of drug-likeness (QED) is 0.328. The topological polar surface area (TPSA) is 122 Å². The number of aromatic nitrogens is 2. The van der Waals surface area contributed by atoms with E-state index in [1.54, 1.807) is 24.4 Å². The molecule has 1 aliphatic rings. The van der Waals surface area contributed by atoms with Crippen molar-refractivity contribution in [3.8, 4) is 0 Å². The van der Waals surface area contributed by atoms with Crippen LogP contribution in [-0.2, 0) is 4.79 Å². The van der Waals surface area contributed by atoms with Gasteiger partial charge in [-0.1, -0.05) is 0 Å². The monoisotopic (exact) mass is 318 g/mol. The first kappa shape index (κ1) is 14.0. The van der Waals surface area contributed by atoms with Crippen LogP contribution in [0, 0.1) is 0 Å². The molecule has 24 heavy (non-hydrogen) atoms. The Morgan fingerprint density at radius 2 is 2.12 bits per heavy atom. The third-order valence-electron chi connectivity index (χ3n) is 3.83. The Morgan fingerprint density at radius 3 is 2.96 bits per heavy atom. The van der Waals surface area contributed by atoms with Gasteiger partial charge in [-0.25, -0.2) is 9.98 Å². The number of nitrogens with two attached hydrogens (primary N) is 2. The van der Waals surface area contributed by atoms with Crippen molar-refractivity contribution >= 4 is 45.9 Å². The van der Waals surface area contributed by atoms with Crippen molar-refractivity contribution in [2.75, 3.05) is 5.32 Å². The zero-order chi connectivity index (χ0) is 16.7. The van der Waals surface area contributed by atoms with Gasteiger partial charge in [0, 0.05) is 40.2 Å². The minimum absolute atomic E-state index is 0.0273. The lowest BCUT2D eigenvalue weighted by Crippen LogP contribution is -2.21. The molecule has 7 heteroatoms. The maximum atomic E-state index is 12.3. The minimum Gasteiger partial charge on any atom is -0.370 e. The van der Waals surface area contributed by atoms with Crippen LogP contribution in [0.4, 0.5) is 11.4 Å². The third-order valence-corrected chi connectivity index (χ3v) is 3.83. The van der Waals surface area contributed by atoms with Crippen molar-refractivity contribution in [2.24, 2.45) is 16.5 Å². The Labute approximate surface area is 137 Å². The number of pyridine rings is 1. The SMILES string of the molecule is NC(N)=Nc1ccc2c(c1)/C(=C\c1c[nH]c3ncccc13)C(=O)N2. The fourth-order valence-corrected chi connectivity index (χ4v) is 2.79. The number of benzene rings is 1. The highest BCUT2D eigenvalue weighted by Crippen LogP contribution is 2.36. The number of guanidine groups is 1. The maximum Gasteiger partial charge on any atom is 0.256 e. The molecule has 0 bridgehead atoms. The Balaban J connectivity index is 1.85. The van der Waals surface area contributed by atoms with Crippen LogP contribution >= 0.6 is 0 Å². The lowest BCUT2D eigenvalue weighted by Gasteiger charge is -2.01. The number of carbonyl (C=O) groups excluding carboxylic acids is 1. The molecule has 7 nitrogen and oxygen atoms in total. The van der Waals surface area contributed by atoms with Gasteiger partial charge in [0.2, 0.25) is 0 Å². The van der Waals surface area contributed by atoms with Gasteiger partial charge in [0.15, 0.2) is 5.96 Å². The van der Waals surface area contributed by atoms with Crippen LogP contribution in [-0.4, -0.2) is 21.8 Å². The first-order chi connectivity index (χ1) is 11.6. The molecule has 118 valence electrons. The standard InChI is InChI=1S/C17H14N6O/c18-17(19)22-10-3-4-14-12(7-10)13(16(24)23-14)6-9-8-21-15-11(9)2-1-5-20-15/h1-8H,(H,20,21)(H,23,24)(H4,18,19,22)/b13-6+. The molecule has 2 aromatic heterocycles. The van der Waals surface area contributed by atoms with Crippen LogP contribution in [0.5, 0.6) is 0 Å². The zero-order valence-corrected chi connectivity index (χ0v) is 12.6. The molecular weight excluding hydrogens is 304 g/mol. The summed E-state index contributed by atoms with van der Waals surface area (Å²) < 4.78 is 0. The van der Waals surface area contributed by atoms with Crippen molar-refractivity contribution in [1.29, 1.82) is 0 Å². The number of aliphatic imine (C=N–C) groups is 1. The van der Waals surface area contributed by atoms with E-state index in [1.165, 1.54) is 0 Å². The number of fused-ring (bicyclic) bond motifs is 2. The van der Waals surface area contributed by atoms with E-state index in [-0.39, 0.29) is 11.9 Å². The van der Waals surface area contributed by atoms with Crippen molar-refractivity contribution in [3.05, 3.63) is 53.9 Å². The maximum absolute atomic E-state index is 12.3. The number of amides is 1. The number of anilines is 1. The lowest BCUT2D eigenvalue weighted by molar-refractivity contribution is -0.110. The summed E-state index contributed by atoms with van der Waals surface area (Å²) in [5.41, 5.74) is 15.2. The van der Waals surface area contributed by atoms with Crippen LogP contribution in [0.2, 0.25) is 0 Å². The second-order valence-corrected chi connectivity index (χ2v) is 5.42. The molecule has 0 radical (unpaired) electrons. The molecule has 1 amide bonds. The number of nitrogens with one attached hydrogen (secondary N) is 2. The van der Waals surface area contributed by atoms with Gasteiger partial charge < -0.3 is 21.8 Å². The predicted molar refractivity (Wildman–Crippen MR) is 94.5 cm³/mol. The highest BCUT2D eigenvalue weighted by molar-refractivity contribution is 6.35. The van der Waals surface area contributed by atoms with Gasteiger partial charge >= 0.3 is 0 Å². The molecule has 3 aromatic rings. The van der Waals surface area contributed by atoms with E-state index in [9.17, 15) is 4.79 Å². The van der Waals surface area contributed by atoms with Crippen molar-refractivity contribution in [3.63, 3.8) is 0 Å². The Bertz CT molecular complexity index is 1030. The van der Waals surface area contributed by atoms with Crippen molar-refractivity contribution in [2.45, 2.75) is 0 Å². The van der Waals surface area contributed by atoms with Gasteiger partial charge in [0.1, 0.15) is 5.65 Å². The van der Waals surface area contributed by atoms with Gasteiger partial charge in [-0.15, -0.1) is 0 Å². The molecule has 1 aliphatic heterocycles. The molecule has 3 heterocycles. The molecular formula is C17H14N6O. The largest absolute Gasteiger partial charge is 0.370 e. The first-order valence-corrected chi connectivity index (χ1v) is 7.31. The zero-order valence-electron chi connectivity index (χ0n) is 12.6. The molecule has 0 unspecified atom stereocenters. The summed E-state index contributed by atoms with van der Waals surface area (Å²) in [6.07, 6.45) is 5.38. The Hall–Kier alpha value is -3.61. The molecule has 1 aromatic carbocycles. The third kappa shape index (κ3) is 2.28. The van der Waals surface area contributed by atoms with E-state index in [4.69, 9.17) is 11.5 Å². The van der Waals surface area contributed by atoms with Crippen molar-refractivity contribution < 1.29 is 4.79 Å². The van der Waals surface area contributed by atoms with E-state index in [0.717, 1.165) is 27.8 Å². The molecule has 4 rings (SSSR count). The molecule has 0 aliphatic carbocycles. The van der Waals surface area contributed by atoms with E-state index >= 15 is 0 Å². The normalized spacial score (nSPS) is 14.7. The number of H-pyrrole nitrogens is 1. The Kier molecular flexibility index (Phi) is 3.06. The molecule has 0 saturated carbocycles. The average molecular weight is 318 g/mol. The number of aromatic amines is 1. The summed E-state index contributed by atoms with van der Waals surface area (Å²) >= 11 is 0. The van der Waals surface area contributed by atoms with Crippen LogP contribution in [0.1, 0.15) is 11.1 Å². The predicted octanol–water partition coefficient (Wildman–Crippen LogP) is 1.96. The fourth-order valence-electron chi connectivity index (χ4n) is 2.79. The van der Waals surface area contributed by atoms with Crippen LogP contribution in [0.3, 0.4) is 0 Å². The lowest BCUT2D eigenvalue weighted by atomic mass is 10.0. The Morgan fingerprint density at radius 1 is 1.25 bits per heavy atom. The minimum atomic E-state index is -0.162. The van der Waals surface area contributed by atoms with Crippen LogP contribution in [0.15, 0.2) is 47.7 Å². The van der Waals surface area contributed by atoms with Gasteiger partial charge in [-0.05, 0) is 36.4 Å². The first-order valence-electron chi connectivity index (χ1n) is 7.31. The molecule has 0 fully saturated rings. The molecule has 0 spiro atoms. The van der Waals surface area contributed by atoms with Gasteiger partial charge in [-0.3, -0.25) is 4.79 Å². The summed E-state index contributed by atoms with van der Waals surface area (Å²) in [5, 5.41) is 3.80. The number of hydrogen-bond donors (Lipinski definition) is 4. The highest BCUT2D eigenvalue weighted by atomic mass is 16.2. The smallest absolute Gasteiger partial charge is 0.256 e. The van der Waals surface area contributed by atoms with Gasteiger partial charge in [0.25, 0.3) is 5.91 Å². The summed E-state index contributed by atoms with van der Waals surface area (Å²) in [7, 11) is 0. The average Bonchev–Trinajstić information content (AvgIpc) is 3.09. The second-order valence-electron chi connectivity index (χ2n) is 5.42. The summed E-state index contributed by atoms with van der Waals surface area (Å²) in [6.45, 7) is 0. The number of rotatable bonds is 2. The number of hydrogen-bond acceptors (Lipinski definition) is 3. The highest BCUT2D eigenvalue weighted by Gasteiger charge is 2.24. The van der Waals surface area contributed by atoms with Crippen LogP contribution < -0.4 is 16.8 Å². The van der Waals surface area contributed by atoms with E-state index < -0.39 is 0 Å². The molecule has 0 atom stereocenters. The van der Waals surface area contributed by atoms with E-state index in [2.05, 4.69) is 20.3 Å². The summed E-state index contributed by atoms with van der Waals surface area (Å²) in [5.74, 6) is -0.189. The molecule has 6 N–H and O–H groups in total. The summed E-state index contributed by atoms with van der Waals surface area (Å²) in [6, 6.07) is 9.13.